The zero-order valence-electron chi connectivity index (χ0n) is 16.4. The van der Waals surface area contributed by atoms with Crippen LogP contribution in [0.3, 0.4) is 0 Å². The molecule has 2 N–H and O–H groups in total. The highest BCUT2D eigenvalue weighted by atomic mass is 79.9. The number of nitrogens with zero attached hydrogens (tertiary/aromatic N) is 1. The molecule has 1 unspecified atom stereocenters. The highest BCUT2D eigenvalue weighted by Crippen LogP contribution is 2.42. The Morgan fingerprint density at radius 3 is 2.06 bits per heavy atom. The SMILES string of the molecule is O=C1C(O)=C(c2ccc(C(F)(F)F)cc2)C([C@@H](O)c2ccccc2)N1c1ccc(Br)cc1. The smallest absolute Gasteiger partial charge is 0.416 e. The molecule has 4 nitrogen and oxygen atoms in total. The largest absolute Gasteiger partial charge is 0.503 e. The summed E-state index contributed by atoms with van der Waals surface area (Å²) in [4.78, 5) is 14.3. The Balaban J connectivity index is 1.84. The van der Waals surface area contributed by atoms with Crippen LogP contribution >= 0.6 is 15.9 Å². The predicted molar refractivity (Wildman–Crippen MR) is 118 cm³/mol. The van der Waals surface area contributed by atoms with E-state index in [-0.39, 0.29) is 11.1 Å². The van der Waals surface area contributed by atoms with Gasteiger partial charge in [-0.05, 0) is 47.5 Å². The normalized spacial score (nSPS) is 17.7. The van der Waals surface area contributed by atoms with Crippen LogP contribution in [0, 0.1) is 0 Å². The number of aliphatic hydroxyl groups is 2. The molecule has 164 valence electrons. The maximum Gasteiger partial charge on any atom is 0.416 e. The zero-order valence-corrected chi connectivity index (χ0v) is 18.0. The van der Waals surface area contributed by atoms with Crippen LogP contribution in [-0.2, 0) is 11.0 Å². The summed E-state index contributed by atoms with van der Waals surface area (Å²) in [5, 5.41) is 22.0. The molecular weight excluding hydrogens is 487 g/mol. The Morgan fingerprint density at radius 1 is 0.906 bits per heavy atom. The second-order valence-corrected chi connectivity index (χ2v) is 8.20. The zero-order chi connectivity index (χ0) is 23.0. The Hall–Kier alpha value is -3.10. The Kier molecular flexibility index (Phi) is 5.83. The van der Waals surface area contributed by atoms with E-state index in [0.717, 1.165) is 16.6 Å². The summed E-state index contributed by atoms with van der Waals surface area (Å²) in [5.74, 6) is -1.37. The molecule has 3 aromatic rings. The van der Waals surface area contributed by atoms with E-state index in [1.807, 2.05) is 0 Å². The van der Waals surface area contributed by atoms with Crippen LogP contribution in [0.4, 0.5) is 18.9 Å². The van der Waals surface area contributed by atoms with Crippen molar-refractivity contribution < 1.29 is 28.2 Å². The van der Waals surface area contributed by atoms with Crippen molar-refractivity contribution in [2.75, 3.05) is 4.90 Å². The minimum absolute atomic E-state index is 0.0583. The molecule has 0 saturated heterocycles. The first-order chi connectivity index (χ1) is 15.2. The van der Waals surface area contributed by atoms with E-state index in [0.29, 0.717) is 11.3 Å². The van der Waals surface area contributed by atoms with Crippen LogP contribution in [0.15, 0.2) is 89.1 Å². The Bertz CT molecular complexity index is 1160. The highest BCUT2D eigenvalue weighted by Gasteiger charge is 2.45. The van der Waals surface area contributed by atoms with Gasteiger partial charge in [0.1, 0.15) is 6.10 Å². The summed E-state index contributed by atoms with van der Waals surface area (Å²) in [5.41, 5.74) is 0.334. The predicted octanol–water partition coefficient (Wildman–Crippen LogP) is 5.89. The molecule has 32 heavy (non-hydrogen) atoms. The van der Waals surface area contributed by atoms with Gasteiger partial charge in [0.25, 0.3) is 5.91 Å². The van der Waals surface area contributed by atoms with Crippen molar-refractivity contribution >= 4 is 33.1 Å². The lowest BCUT2D eigenvalue weighted by Crippen LogP contribution is -2.39. The average Bonchev–Trinajstić information content (AvgIpc) is 3.04. The number of benzene rings is 3. The number of halogens is 4. The van der Waals surface area contributed by atoms with Gasteiger partial charge in [0.05, 0.1) is 11.6 Å². The number of rotatable bonds is 4. The maximum absolute atomic E-state index is 13.1. The van der Waals surface area contributed by atoms with Crippen LogP contribution in [0.25, 0.3) is 5.57 Å². The van der Waals surface area contributed by atoms with E-state index in [4.69, 9.17) is 0 Å². The minimum Gasteiger partial charge on any atom is -0.503 e. The number of hydrogen-bond donors (Lipinski definition) is 2. The van der Waals surface area contributed by atoms with Crippen LogP contribution in [0.2, 0.25) is 0 Å². The summed E-state index contributed by atoms with van der Waals surface area (Å²) in [6.45, 7) is 0. The topological polar surface area (TPSA) is 60.8 Å². The van der Waals surface area contributed by atoms with E-state index in [1.54, 1.807) is 54.6 Å². The van der Waals surface area contributed by atoms with Crippen molar-refractivity contribution in [3.8, 4) is 0 Å². The van der Waals surface area contributed by atoms with Crippen molar-refractivity contribution in [3.63, 3.8) is 0 Å². The number of amides is 1. The van der Waals surface area contributed by atoms with Crippen molar-refractivity contribution in [1.29, 1.82) is 0 Å². The van der Waals surface area contributed by atoms with Crippen molar-refractivity contribution in [3.05, 3.63) is 106 Å². The number of alkyl halides is 3. The summed E-state index contributed by atoms with van der Waals surface area (Å²) < 4.78 is 39.8. The first-order valence-corrected chi connectivity index (χ1v) is 10.4. The molecule has 0 saturated carbocycles. The maximum atomic E-state index is 13.1. The molecule has 1 aliphatic heterocycles. The second kappa shape index (κ2) is 8.44. The standard InChI is InChI=1S/C24H17BrF3NO3/c25-17-10-12-18(13-11-17)29-20(21(30)15-4-2-1-3-5-15)19(22(31)23(29)32)14-6-8-16(9-7-14)24(26,27)28/h1-13,20-21,30-31H/t20?,21-/m0/s1. The summed E-state index contributed by atoms with van der Waals surface area (Å²) in [7, 11) is 0. The lowest BCUT2D eigenvalue weighted by atomic mass is 9.91. The molecule has 2 atom stereocenters. The molecule has 8 heteroatoms. The number of hydrogen-bond acceptors (Lipinski definition) is 3. The lowest BCUT2D eigenvalue weighted by molar-refractivity contribution is -0.137. The van der Waals surface area contributed by atoms with E-state index in [1.165, 1.54) is 17.0 Å². The van der Waals surface area contributed by atoms with Crippen LogP contribution in [-0.4, -0.2) is 22.2 Å². The fourth-order valence-corrected chi connectivity index (χ4v) is 4.05. The van der Waals surface area contributed by atoms with Crippen molar-refractivity contribution in [2.45, 2.75) is 18.3 Å². The fraction of sp³-hybridized carbons (Fsp3) is 0.125. The third kappa shape index (κ3) is 4.03. The molecule has 0 aliphatic carbocycles. The van der Waals surface area contributed by atoms with Gasteiger partial charge in [-0.2, -0.15) is 13.2 Å². The third-order valence-corrected chi connectivity index (χ3v) is 5.85. The number of aliphatic hydroxyl groups excluding tert-OH is 2. The summed E-state index contributed by atoms with van der Waals surface area (Å²) >= 11 is 3.33. The van der Waals surface area contributed by atoms with Crippen LogP contribution in [0.1, 0.15) is 22.8 Å². The van der Waals surface area contributed by atoms with Crippen molar-refractivity contribution in [1.82, 2.24) is 0 Å². The first kappa shape index (κ1) is 22.1. The van der Waals surface area contributed by atoms with Crippen molar-refractivity contribution in [2.24, 2.45) is 0 Å². The molecule has 1 amide bonds. The highest BCUT2D eigenvalue weighted by molar-refractivity contribution is 9.10. The molecule has 0 radical (unpaired) electrons. The number of anilines is 1. The van der Waals surface area contributed by atoms with E-state index in [2.05, 4.69) is 15.9 Å². The van der Waals surface area contributed by atoms with Gasteiger partial charge < -0.3 is 10.2 Å². The van der Waals surface area contributed by atoms with Gasteiger partial charge in [0.15, 0.2) is 5.76 Å². The van der Waals surface area contributed by atoms with Gasteiger partial charge >= 0.3 is 6.18 Å². The summed E-state index contributed by atoms with van der Waals surface area (Å²) in [6.07, 6.45) is -5.77. The molecule has 3 aromatic carbocycles. The third-order valence-electron chi connectivity index (χ3n) is 5.32. The first-order valence-electron chi connectivity index (χ1n) is 9.61. The van der Waals surface area contributed by atoms with Gasteiger partial charge in [0.2, 0.25) is 0 Å². The minimum atomic E-state index is -4.52. The van der Waals surface area contributed by atoms with E-state index >= 15 is 0 Å². The van der Waals surface area contributed by atoms with Gasteiger partial charge in [0, 0.05) is 15.7 Å². The number of carbonyl (C=O) groups excluding carboxylic acids is 1. The van der Waals surface area contributed by atoms with E-state index < -0.39 is 35.6 Å². The molecule has 0 bridgehead atoms. The van der Waals surface area contributed by atoms with Crippen LogP contribution in [0.5, 0.6) is 0 Å². The van der Waals surface area contributed by atoms with Gasteiger partial charge in [-0.3, -0.25) is 9.69 Å². The molecule has 1 aliphatic rings. The van der Waals surface area contributed by atoms with Crippen LogP contribution < -0.4 is 4.90 Å². The molecule has 0 aromatic heterocycles. The lowest BCUT2D eigenvalue weighted by Gasteiger charge is -2.31. The molecule has 1 heterocycles. The van der Waals surface area contributed by atoms with E-state index in [9.17, 15) is 28.2 Å². The fourth-order valence-electron chi connectivity index (χ4n) is 3.78. The van der Waals surface area contributed by atoms with Gasteiger partial charge in [-0.1, -0.05) is 58.4 Å². The molecule has 0 spiro atoms. The molecular formula is C24H17BrF3NO3. The second-order valence-electron chi connectivity index (χ2n) is 7.29. The average molecular weight is 504 g/mol. The summed E-state index contributed by atoms with van der Waals surface area (Å²) in [6, 6.07) is 18.4. The van der Waals surface area contributed by atoms with Gasteiger partial charge in [-0.25, -0.2) is 0 Å². The monoisotopic (exact) mass is 503 g/mol. The Morgan fingerprint density at radius 2 is 1.50 bits per heavy atom. The molecule has 0 fully saturated rings. The Labute approximate surface area is 190 Å². The number of carbonyl (C=O) groups is 1. The van der Waals surface area contributed by atoms with Gasteiger partial charge in [-0.15, -0.1) is 0 Å². The quantitative estimate of drug-likeness (QED) is 0.466. The molecule has 4 rings (SSSR count).